The van der Waals surface area contributed by atoms with E-state index in [1.807, 2.05) is 12.1 Å². The van der Waals surface area contributed by atoms with Crippen LogP contribution in [0.2, 0.25) is 5.02 Å². The molecule has 3 rings (SSSR count). The first-order valence-corrected chi connectivity index (χ1v) is 6.95. The topological polar surface area (TPSA) is 77.0 Å². The maximum atomic E-state index is 14.1. The minimum absolute atomic E-state index is 0.116. The fraction of sp³-hybridized carbons (Fsp3) is 0. The fourth-order valence-electron chi connectivity index (χ4n) is 1.87. The molecule has 102 valence electrons. The Balaban J connectivity index is 2.04. The van der Waals surface area contributed by atoms with Gasteiger partial charge in [0.15, 0.2) is 5.82 Å². The van der Waals surface area contributed by atoms with E-state index in [2.05, 4.69) is 10.3 Å². The molecule has 0 bridgehead atoms. The predicted octanol–water partition coefficient (Wildman–Crippen LogP) is 4.00. The van der Waals surface area contributed by atoms with Crippen LogP contribution in [0, 0.1) is 5.82 Å². The minimum atomic E-state index is -0.659. The van der Waals surface area contributed by atoms with Crippen molar-refractivity contribution >= 4 is 55.9 Å². The number of nitrogens with two attached hydrogens (primary N) is 2. The number of nitrogens with one attached hydrogen (secondary N) is 1. The molecule has 0 unspecified atom stereocenters. The molecule has 2 aromatic carbocycles. The molecule has 1 aromatic heterocycles. The number of aromatic nitrogens is 1. The number of halogens is 2. The summed E-state index contributed by atoms with van der Waals surface area (Å²) in [6, 6.07) is 6.95. The molecule has 0 aliphatic heterocycles. The van der Waals surface area contributed by atoms with E-state index in [1.54, 1.807) is 11.6 Å². The van der Waals surface area contributed by atoms with E-state index in [1.165, 1.54) is 17.4 Å². The fourth-order valence-corrected chi connectivity index (χ4v) is 2.74. The molecule has 0 amide bonds. The van der Waals surface area contributed by atoms with Gasteiger partial charge >= 0.3 is 0 Å². The predicted molar refractivity (Wildman–Crippen MR) is 83.1 cm³/mol. The van der Waals surface area contributed by atoms with Gasteiger partial charge in [0.25, 0.3) is 0 Å². The van der Waals surface area contributed by atoms with E-state index in [0.717, 1.165) is 10.2 Å². The average Bonchev–Trinajstić information content (AvgIpc) is 2.88. The Morgan fingerprint density at radius 2 is 2.00 bits per heavy atom. The molecule has 4 nitrogen and oxygen atoms in total. The number of nitrogens with zero attached hydrogens (tertiary/aromatic N) is 1. The molecule has 7 heteroatoms. The summed E-state index contributed by atoms with van der Waals surface area (Å²) in [5, 5.41) is 2.79. The zero-order valence-electron chi connectivity index (χ0n) is 10.2. The second-order valence-corrected chi connectivity index (χ2v) is 5.48. The summed E-state index contributed by atoms with van der Waals surface area (Å²) in [5.41, 5.74) is 15.1. The van der Waals surface area contributed by atoms with Crippen LogP contribution in [-0.2, 0) is 0 Å². The molecule has 0 fully saturated rings. The van der Waals surface area contributed by atoms with Gasteiger partial charge in [0.1, 0.15) is 5.02 Å². The number of anilines is 4. The summed E-state index contributed by atoms with van der Waals surface area (Å²) < 4.78 is 15.1. The van der Waals surface area contributed by atoms with E-state index < -0.39 is 5.82 Å². The Morgan fingerprint density at radius 1 is 1.20 bits per heavy atom. The lowest BCUT2D eigenvalue weighted by atomic mass is 10.2. The lowest BCUT2D eigenvalue weighted by Crippen LogP contribution is -2.02. The number of rotatable bonds is 2. The van der Waals surface area contributed by atoms with Crippen LogP contribution in [-0.4, -0.2) is 4.98 Å². The normalized spacial score (nSPS) is 10.9. The van der Waals surface area contributed by atoms with Crippen molar-refractivity contribution < 1.29 is 4.39 Å². The monoisotopic (exact) mass is 308 g/mol. The van der Waals surface area contributed by atoms with E-state index in [-0.39, 0.29) is 22.1 Å². The third-order valence-electron chi connectivity index (χ3n) is 2.87. The SMILES string of the molecule is Nc1cc(N)c(Nc2ccc3ncsc3c2)c(F)c1Cl. The van der Waals surface area contributed by atoms with Gasteiger partial charge < -0.3 is 16.8 Å². The summed E-state index contributed by atoms with van der Waals surface area (Å²) in [6.07, 6.45) is 0. The molecule has 0 spiro atoms. The van der Waals surface area contributed by atoms with Crippen LogP contribution >= 0.6 is 22.9 Å². The van der Waals surface area contributed by atoms with E-state index in [0.29, 0.717) is 5.69 Å². The number of hydrogen-bond donors (Lipinski definition) is 3. The van der Waals surface area contributed by atoms with E-state index in [9.17, 15) is 4.39 Å². The highest BCUT2D eigenvalue weighted by atomic mass is 35.5. The molecule has 20 heavy (non-hydrogen) atoms. The van der Waals surface area contributed by atoms with Gasteiger partial charge in [-0.3, -0.25) is 0 Å². The molecule has 3 aromatic rings. The van der Waals surface area contributed by atoms with Gasteiger partial charge in [-0.1, -0.05) is 11.6 Å². The smallest absolute Gasteiger partial charge is 0.169 e. The third kappa shape index (κ3) is 2.13. The molecular weight excluding hydrogens is 299 g/mol. The Kier molecular flexibility index (Phi) is 3.11. The number of thiazole rings is 1. The van der Waals surface area contributed by atoms with Crippen LogP contribution in [0.1, 0.15) is 0 Å². The highest BCUT2D eigenvalue weighted by molar-refractivity contribution is 7.16. The van der Waals surface area contributed by atoms with Crippen molar-refractivity contribution in [1.29, 1.82) is 0 Å². The zero-order valence-corrected chi connectivity index (χ0v) is 11.7. The van der Waals surface area contributed by atoms with Crippen LogP contribution in [0.3, 0.4) is 0 Å². The van der Waals surface area contributed by atoms with Gasteiger partial charge in [-0.25, -0.2) is 9.37 Å². The standard InChI is InChI=1S/C13H10ClFN4S/c14-11-7(16)4-8(17)13(12(11)15)19-6-1-2-9-10(3-6)20-5-18-9/h1-5,19H,16-17H2. The first-order chi connectivity index (χ1) is 9.56. The second-order valence-electron chi connectivity index (χ2n) is 4.22. The first-order valence-electron chi connectivity index (χ1n) is 5.69. The van der Waals surface area contributed by atoms with E-state index in [4.69, 9.17) is 23.1 Å². The van der Waals surface area contributed by atoms with Gasteiger partial charge in [-0.15, -0.1) is 11.3 Å². The summed E-state index contributed by atoms with van der Waals surface area (Å²) in [7, 11) is 0. The lowest BCUT2D eigenvalue weighted by molar-refractivity contribution is 0.633. The van der Waals surface area contributed by atoms with Gasteiger partial charge in [-0.05, 0) is 24.3 Å². The zero-order chi connectivity index (χ0) is 14.3. The maximum Gasteiger partial charge on any atom is 0.169 e. The molecule has 1 heterocycles. The average molecular weight is 309 g/mol. The van der Waals surface area contributed by atoms with Crippen molar-refractivity contribution in [2.24, 2.45) is 0 Å². The third-order valence-corrected chi connectivity index (χ3v) is 4.04. The summed E-state index contributed by atoms with van der Waals surface area (Å²) in [5.74, 6) is -0.659. The quantitative estimate of drug-likeness (QED) is 0.625. The van der Waals surface area contributed by atoms with Gasteiger partial charge in [0, 0.05) is 5.69 Å². The Bertz CT molecular complexity index is 802. The molecule has 5 N–H and O–H groups in total. The summed E-state index contributed by atoms with van der Waals surface area (Å²) in [6.45, 7) is 0. The number of benzene rings is 2. The maximum absolute atomic E-state index is 14.1. The largest absolute Gasteiger partial charge is 0.397 e. The highest BCUT2D eigenvalue weighted by Gasteiger charge is 2.14. The van der Waals surface area contributed by atoms with Gasteiger partial charge in [-0.2, -0.15) is 0 Å². The number of nitrogen functional groups attached to an aromatic ring is 2. The number of hydrogen-bond acceptors (Lipinski definition) is 5. The molecule has 0 saturated heterocycles. The van der Waals surface area contributed by atoms with Gasteiger partial charge in [0.2, 0.25) is 0 Å². The molecular formula is C13H10ClFN4S. The Labute approximate surface area is 123 Å². The highest BCUT2D eigenvalue weighted by Crippen LogP contribution is 2.36. The molecule has 0 atom stereocenters. The Morgan fingerprint density at radius 3 is 2.80 bits per heavy atom. The van der Waals surface area contributed by atoms with Crippen LogP contribution in [0.4, 0.5) is 27.1 Å². The summed E-state index contributed by atoms with van der Waals surface area (Å²) >= 11 is 7.30. The van der Waals surface area contributed by atoms with Crippen molar-refractivity contribution in [1.82, 2.24) is 4.98 Å². The van der Waals surface area contributed by atoms with Crippen molar-refractivity contribution in [2.45, 2.75) is 0 Å². The first kappa shape index (κ1) is 13.0. The molecule has 0 aliphatic rings. The van der Waals surface area contributed by atoms with Crippen LogP contribution in [0.15, 0.2) is 29.8 Å². The second kappa shape index (κ2) is 4.81. The van der Waals surface area contributed by atoms with E-state index >= 15 is 0 Å². The van der Waals surface area contributed by atoms with Crippen molar-refractivity contribution in [2.75, 3.05) is 16.8 Å². The van der Waals surface area contributed by atoms with Crippen LogP contribution in [0.25, 0.3) is 10.2 Å². The van der Waals surface area contributed by atoms with Crippen LogP contribution < -0.4 is 16.8 Å². The lowest BCUT2D eigenvalue weighted by Gasteiger charge is -2.13. The van der Waals surface area contributed by atoms with Crippen molar-refractivity contribution in [3.05, 3.63) is 40.6 Å². The molecule has 0 aliphatic carbocycles. The minimum Gasteiger partial charge on any atom is -0.397 e. The van der Waals surface area contributed by atoms with Gasteiger partial charge in [0.05, 0.1) is 32.8 Å². The van der Waals surface area contributed by atoms with Crippen LogP contribution in [0.5, 0.6) is 0 Å². The van der Waals surface area contributed by atoms with Crippen molar-refractivity contribution in [3.8, 4) is 0 Å². The molecule has 0 radical (unpaired) electrons. The molecule has 0 saturated carbocycles. The van der Waals surface area contributed by atoms with Crippen molar-refractivity contribution in [3.63, 3.8) is 0 Å². The number of fused-ring (bicyclic) bond motifs is 1. The summed E-state index contributed by atoms with van der Waals surface area (Å²) in [4.78, 5) is 4.18. The Hall–Kier alpha value is -2.05.